The number of rotatable bonds is 6. The molecule has 1 saturated carbocycles. The Labute approximate surface area is 147 Å². The van der Waals surface area contributed by atoms with Crippen molar-refractivity contribution in [1.29, 1.82) is 0 Å². The smallest absolute Gasteiger partial charge is 0.416 e. The first-order valence-electron chi connectivity index (χ1n) is 8.10. The molecule has 9 heteroatoms. The Morgan fingerprint density at radius 2 is 1.65 bits per heavy atom. The molecule has 1 aromatic carbocycles. The monoisotopic (exact) mass is 372 g/mol. The minimum atomic E-state index is -4.49. The van der Waals surface area contributed by atoms with Gasteiger partial charge in [0.15, 0.2) is 0 Å². The zero-order valence-corrected chi connectivity index (χ0v) is 13.9. The molecule has 6 nitrogen and oxygen atoms in total. The van der Waals surface area contributed by atoms with Gasteiger partial charge in [0.1, 0.15) is 0 Å². The van der Waals surface area contributed by atoms with Gasteiger partial charge in [0.2, 0.25) is 5.91 Å². The number of amides is 2. The van der Waals surface area contributed by atoms with Crippen LogP contribution in [0.2, 0.25) is 0 Å². The lowest BCUT2D eigenvalue weighted by Crippen LogP contribution is -2.51. The number of benzene rings is 1. The van der Waals surface area contributed by atoms with E-state index in [1.54, 1.807) is 0 Å². The van der Waals surface area contributed by atoms with Crippen LogP contribution in [0.3, 0.4) is 0 Å². The number of carbonyl (C=O) groups is 3. The number of hydrogen-bond donors (Lipinski definition) is 3. The van der Waals surface area contributed by atoms with Crippen molar-refractivity contribution in [1.82, 2.24) is 10.6 Å². The molecule has 0 saturated heterocycles. The fourth-order valence-corrected chi connectivity index (χ4v) is 3.10. The molecule has 0 bridgehead atoms. The second kappa shape index (κ2) is 7.76. The summed E-state index contributed by atoms with van der Waals surface area (Å²) in [6.07, 6.45) is -1.95. The predicted molar refractivity (Wildman–Crippen MR) is 85.4 cm³/mol. The number of alkyl halides is 3. The molecule has 142 valence electrons. The number of hydrogen-bond acceptors (Lipinski definition) is 3. The number of aliphatic carboxylic acids is 1. The van der Waals surface area contributed by atoms with Crippen LogP contribution in [0, 0.1) is 0 Å². The normalized spacial score (nSPS) is 16.1. The Morgan fingerprint density at radius 3 is 2.15 bits per heavy atom. The SMILES string of the molecule is O=C(O)CC1(NC(=O)CNC(=O)c2ccc(C(F)(F)F)cc2)CCCC1. The maximum atomic E-state index is 12.5. The Balaban J connectivity index is 1.90. The van der Waals surface area contributed by atoms with Gasteiger partial charge < -0.3 is 15.7 Å². The van der Waals surface area contributed by atoms with Gasteiger partial charge in [-0.3, -0.25) is 14.4 Å². The zero-order valence-electron chi connectivity index (χ0n) is 13.9. The lowest BCUT2D eigenvalue weighted by Gasteiger charge is -2.28. The van der Waals surface area contributed by atoms with Crippen molar-refractivity contribution in [2.45, 2.75) is 43.8 Å². The van der Waals surface area contributed by atoms with Crippen molar-refractivity contribution < 1.29 is 32.7 Å². The maximum absolute atomic E-state index is 12.5. The number of nitrogens with one attached hydrogen (secondary N) is 2. The molecule has 0 radical (unpaired) electrons. The largest absolute Gasteiger partial charge is 0.481 e. The van der Waals surface area contributed by atoms with Crippen LogP contribution in [0.15, 0.2) is 24.3 Å². The summed E-state index contributed by atoms with van der Waals surface area (Å²) in [4.78, 5) is 35.0. The van der Waals surface area contributed by atoms with Crippen molar-refractivity contribution in [3.8, 4) is 0 Å². The first kappa shape index (κ1) is 19.7. The fourth-order valence-electron chi connectivity index (χ4n) is 3.10. The second-order valence-electron chi connectivity index (χ2n) is 6.36. The molecule has 0 aliphatic heterocycles. The van der Waals surface area contributed by atoms with Crippen molar-refractivity contribution in [3.05, 3.63) is 35.4 Å². The van der Waals surface area contributed by atoms with Crippen LogP contribution in [-0.4, -0.2) is 35.0 Å². The van der Waals surface area contributed by atoms with Crippen molar-refractivity contribution >= 4 is 17.8 Å². The summed E-state index contributed by atoms with van der Waals surface area (Å²) >= 11 is 0. The van der Waals surface area contributed by atoms with Crippen LogP contribution in [-0.2, 0) is 15.8 Å². The standard InChI is InChI=1S/C17H19F3N2O4/c18-17(19,20)12-5-3-11(4-6-12)15(26)21-10-13(23)22-16(9-14(24)25)7-1-2-8-16/h3-6H,1-2,7-10H2,(H,21,26)(H,22,23)(H,24,25). The molecule has 3 N–H and O–H groups in total. The highest BCUT2D eigenvalue weighted by Crippen LogP contribution is 2.32. The Hall–Kier alpha value is -2.58. The molecular formula is C17H19F3N2O4. The van der Waals surface area contributed by atoms with E-state index in [9.17, 15) is 27.6 Å². The number of carboxylic acid groups (broad SMARTS) is 1. The van der Waals surface area contributed by atoms with E-state index in [2.05, 4.69) is 10.6 Å². The summed E-state index contributed by atoms with van der Waals surface area (Å²) in [6, 6.07) is 3.63. The van der Waals surface area contributed by atoms with Gasteiger partial charge in [-0.15, -0.1) is 0 Å². The van der Waals surface area contributed by atoms with E-state index in [4.69, 9.17) is 5.11 Å². The highest BCUT2D eigenvalue weighted by molar-refractivity contribution is 5.96. The van der Waals surface area contributed by atoms with Crippen molar-refractivity contribution in [3.63, 3.8) is 0 Å². The molecule has 0 heterocycles. The van der Waals surface area contributed by atoms with Crippen molar-refractivity contribution in [2.75, 3.05) is 6.54 Å². The molecule has 1 fully saturated rings. The van der Waals surface area contributed by atoms with E-state index in [1.165, 1.54) is 0 Å². The highest BCUT2D eigenvalue weighted by Gasteiger charge is 2.37. The highest BCUT2D eigenvalue weighted by atomic mass is 19.4. The Kier molecular flexibility index (Phi) is 5.89. The van der Waals surface area contributed by atoms with Crippen LogP contribution in [0.5, 0.6) is 0 Å². The van der Waals surface area contributed by atoms with E-state index >= 15 is 0 Å². The quantitative estimate of drug-likeness (QED) is 0.714. The van der Waals surface area contributed by atoms with Gasteiger partial charge in [-0.25, -0.2) is 0 Å². The van der Waals surface area contributed by atoms with Gasteiger partial charge in [-0.1, -0.05) is 12.8 Å². The third kappa shape index (κ3) is 5.21. The molecule has 1 aliphatic carbocycles. The van der Waals surface area contributed by atoms with Gasteiger partial charge in [0.05, 0.1) is 24.1 Å². The molecule has 26 heavy (non-hydrogen) atoms. The third-order valence-corrected chi connectivity index (χ3v) is 4.34. The van der Waals surface area contributed by atoms with Crippen LogP contribution in [0.25, 0.3) is 0 Å². The molecule has 0 aromatic heterocycles. The minimum Gasteiger partial charge on any atom is -0.481 e. The van der Waals surface area contributed by atoms with E-state index < -0.39 is 35.1 Å². The zero-order chi connectivity index (χ0) is 19.4. The summed E-state index contributed by atoms with van der Waals surface area (Å²) in [5, 5.41) is 14.0. The van der Waals surface area contributed by atoms with E-state index in [0.29, 0.717) is 12.8 Å². The van der Waals surface area contributed by atoms with Gasteiger partial charge in [-0.05, 0) is 37.1 Å². The van der Waals surface area contributed by atoms with Gasteiger partial charge in [-0.2, -0.15) is 13.2 Å². The first-order chi connectivity index (χ1) is 12.1. The molecule has 0 unspecified atom stereocenters. The number of halogens is 3. The van der Waals surface area contributed by atoms with E-state index in [1.807, 2.05) is 0 Å². The fraction of sp³-hybridized carbons (Fsp3) is 0.471. The van der Waals surface area contributed by atoms with Crippen LogP contribution >= 0.6 is 0 Å². The van der Waals surface area contributed by atoms with Gasteiger partial charge >= 0.3 is 12.1 Å². The molecule has 1 aliphatic rings. The lowest BCUT2D eigenvalue weighted by molar-refractivity contribution is -0.139. The molecule has 0 atom stereocenters. The maximum Gasteiger partial charge on any atom is 0.416 e. The Bertz CT molecular complexity index is 680. The molecule has 1 aromatic rings. The second-order valence-corrected chi connectivity index (χ2v) is 6.36. The topological polar surface area (TPSA) is 95.5 Å². The molecule has 2 amide bonds. The van der Waals surface area contributed by atoms with Crippen LogP contribution in [0.4, 0.5) is 13.2 Å². The lowest BCUT2D eigenvalue weighted by atomic mass is 9.93. The Morgan fingerprint density at radius 1 is 1.08 bits per heavy atom. The minimum absolute atomic E-state index is 0.00749. The summed E-state index contributed by atoms with van der Waals surface area (Å²) in [5.74, 6) is -2.23. The third-order valence-electron chi connectivity index (χ3n) is 4.34. The molecule has 0 spiro atoms. The van der Waals surface area contributed by atoms with E-state index in [-0.39, 0.29) is 18.5 Å². The van der Waals surface area contributed by atoms with Crippen LogP contribution in [0.1, 0.15) is 48.0 Å². The van der Waals surface area contributed by atoms with Gasteiger partial charge in [0, 0.05) is 5.56 Å². The van der Waals surface area contributed by atoms with Gasteiger partial charge in [0.25, 0.3) is 5.91 Å². The summed E-state index contributed by atoms with van der Waals surface area (Å²) in [5.41, 5.74) is -1.68. The van der Waals surface area contributed by atoms with E-state index in [0.717, 1.165) is 37.1 Å². The predicted octanol–water partition coefficient (Wildman–Crippen LogP) is 2.34. The summed E-state index contributed by atoms with van der Waals surface area (Å²) in [6.45, 7) is -0.388. The number of carbonyl (C=O) groups excluding carboxylic acids is 2. The average molecular weight is 372 g/mol. The summed E-state index contributed by atoms with van der Waals surface area (Å²) in [7, 11) is 0. The summed E-state index contributed by atoms with van der Waals surface area (Å²) < 4.78 is 37.5. The average Bonchev–Trinajstić information content (AvgIpc) is 2.99. The van der Waals surface area contributed by atoms with Crippen molar-refractivity contribution in [2.24, 2.45) is 0 Å². The van der Waals surface area contributed by atoms with Crippen LogP contribution < -0.4 is 10.6 Å². The first-order valence-corrected chi connectivity index (χ1v) is 8.10. The molecular weight excluding hydrogens is 353 g/mol. The molecule has 2 rings (SSSR count). The number of carboxylic acids is 1.